The molecule has 0 bridgehead atoms. The molecule has 0 aliphatic heterocycles. The molecule has 1 unspecified atom stereocenters. The number of hydrogen-bond acceptors (Lipinski definition) is 3. The minimum absolute atomic E-state index is 0.263. The summed E-state index contributed by atoms with van der Waals surface area (Å²) >= 11 is 0. The van der Waals surface area contributed by atoms with Gasteiger partial charge < -0.3 is 9.47 Å². The fourth-order valence-corrected chi connectivity index (χ4v) is 2.01. The third-order valence-corrected chi connectivity index (χ3v) is 3.18. The summed E-state index contributed by atoms with van der Waals surface area (Å²) in [6.07, 6.45) is 0. The van der Waals surface area contributed by atoms with Crippen molar-refractivity contribution >= 4 is 5.97 Å². The Labute approximate surface area is 119 Å². The van der Waals surface area contributed by atoms with Gasteiger partial charge in [-0.25, -0.2) is 0 Å². The molecule has 3 heteroatoms. The van der Waals surface area contributed by atoms with Gasteiger partial charge >= 0.3 is 5.97 Å². The zero-order chi connectivity index (χ0) is 14.4. The molecule has 104 valence electrons. The maximum absolute atomic E-state index is 11.7. The van der Waals surface area contributed by atoms with E-state index in [0.717, 1.165) is 11.1 Å². The summed E-state index contributed by atoms with van der Waals surface area (Å²) in [4.78, 5) is 11.7. The lowest BCUT2D eigenvalue weighted by molar-refractivity contribution is -0.142. The molecule has 0 heterocycles. The van der Waals surface area contributed by atoms with Gasteiger partial charge in [-0.2, -0.15) is 0 Å². The number of ether oxygens (including phenoxy) is 2. The predicted molar refractivity (Wildman–Crippen MR) is 77.6 cm³/mol. The van der Waals surface area contributed by atoms with Crippen LogP contribution in [0.25, 0.3) is 0 Å². The molecule has 2 aromatic carbocycles. The van der Waals surface area contributed by atoms with Crippen LogP contribution in [-0.4, -0.2) is 13.1 Å². The monoisotopic (exact) mass is 270 g/mol. The Kier molecular flexibility index (Phi) is 4.77. The molecule has 1 atom stereocenters. The summed E-state index contributed by atoms with van der Waals surface area (Å²) in [5.41, 5.74) is 1.93. The first-order valence-corrected chi connectivity index (χ1v) is 6.56. The number of carbonyl (C=O) groups is 1. The highest BCUT2D eigenvalue weighted by Gasteiger charge is 2.19. The molecule has 2 aromatic rings. The second-order valence-corrected chi connectivity index (χ2v) is 4.56. The highest BCUT2D eigenvalue weighted by atomic mass is 16.5. The van der Waals surface area contributed by atoms with Crippen LogP contribution >= 0.6 is 0 Å². The van der Waals surface area contributed by atoms with Gasteiger partial charge in [-0.05, 0) is 18.6 Å². The SMILES string of the molecule is COC(=O)C(C)c1ccccc1OCc1ccccc1. The van der Waals surface area contributed by atoms with Gasteiger partial charge in [-0.15, -0.1) is 0 Å². The van der Waals surface area contributed by atoms with Crippen molar-refractivity contribution in [2.75, 3.05) is 7.11 Å². The molecular weight excluding hydrogens is 252 g/mol. The van der Waals surface area contributed by atoms with Gasteiger partial charge in [-0.3, -0.25) is 4.79 Å². The summed E-state index contributed by atoms with van der Waals surface area (Å²) in [6.45, 7) is 2.29. The Morgan fingerprint density at radius 2 is 1.70 bits per heavy atom. The molecule has 0 spiro atoms. The van der Waals surface area contributed by atoms with Gasteiger partial charge in [0.05, 0.1) is 13.0 Å². The molecule has 0 fully saturated rings. The van der Waals surface area contributed by atoms with Crippen LogP contribution in [0.5, 0.6) is 5.75 Å². The van der Waals surface area contributed by atoms with E-state index < -0.39 is 0 Å². The average molecular weight is 270 g/mol. The van der Waals surface area contributed by atoms with Crippen LogP contribution in [0.3, 0.4) is 0 Å². The van der Waals surface area contributed by atoms with E-state index >= 15 is 0 Å². The number of hydrogen-bond donors (Lipinski definition) is 0. The van der Waals surface area contributed by atoms with Gasteiger partial charge in [0.15, 0.2) is 0 Å². The molecule has 0 saturated carbocycles. The van der Waals surface area contributed by atoms with Gasteiger partial charge in [0.1, 0.15) is 12.4 Å². The quantitative estimate of drug-likeness (QED) is 0.779. The molecule has 0 saturated heterocycles. The number of rotatable bonds is 5. The molecule has 0 aliphatic rings. The maximum atomic E-state index is 11.7. The molecule has 2 rings (SSSR count). The van der Waals surface area contributed by atoms with Crippen LogP contribution in [-0.2, 0) is 16.1 Å². The Bertz CT molecular complexity index is 563. The van der Waals surface area contributed by atoms with Crippen LogP contribution in [0, 0.1) is 0 Å². The van der Waals surface area contributed by atoms with E-state index in [1.54, 1.807) is 0 Å². The molecule has 0 aromatic heterocycles. The lowest BCUT2D eigenvalue weighted by atomic mass is 10.0. The molecular formula is C17H18O3. The highest BCUT2D eigenvalue weighted by Crippen LogP contribution is 2.27. The Balaban J connectivity index is 2.14. The van der Waals surface area contributed by atoms with E-state index in [2.05, 4.69) is 0 Å². The van der Waals surface area contributed by atoms with Gasteiger partial charge in [0.25, 0.3) is 0 Å². The van der Waals surface area contributed by atoms with Gasteiger partial charge in [0, 0.05) is 5.56 Å². The van der Waals surface area contributed by atoms with Crippen molar-refractivity contribution in [3.8, 4) is 5.75 Å². The zero-order valence-corrected chi connectivity index (χ0v) is 11.7. The lowest BCUT2D eigenvalue weighted by Gasteiger charge is -2.15. The molecule has 0 radical (unpaired) electrons. The lowest BCUT2D eigenvalue weighted by Crippen LogP contribution is -2.12. The Morgan fingerprint density at radius 1 is 1.05 bits per heavy atom. The van der Waals surface area contributed by atoms with Crippen molar-refractivity contribution in [2.24, 2.45) is 0 Å². The number of esters is 1. The number of methoxy groups -OCH3 is 1. The van der Waals surface area contributed by atoms with Crippen LogP contribution < -0.4 is 4.74 Å². The molecule has 3 nitrogen and oxygen atoms in total. The first kappa shape index (κ1) is 14.1. The van der Waals surface area contributed by atoms with Crippen LogP contribution in [0.4, 0.5) is 0 Å². The van der Waals surface area contributed by atoms with Gasteiger partial charge in [0.2, 0.25) is 0 Å². The standard InChI is InChI=1S/C17H18O3/c1-13(17(18)19-2)15-10-6-7-11-16(15)20-12-14-8-4-3-5-9-14/h3-11,13H,12H2,1-2H3. The van der Waals surface area contributed by atoms with Crippen molar-refractivity contribution in [1.82, 2.24) is 0 Å². The number of carbonyl (C=O) groups excluding carboxylic acids is 1. The summed E-state index contributed by atoms with van der Waals surface area (Å²) < 4.78 is 10.6. The van der Waals surface area contributed by atoms with E-state index in [9.17, 15) is 4.79 Å². The number of benzene rings is 2. The third-order valence-electron chi connectivity index (χ3n) is 3.18. The summed E-state index contributed by atoms with van der Waals surface area (Å²) in [7, 11) is 1.40. The topological polar surface area (TPSA) is 35.5 Å². The smallest absolute Gasteiger partial charge is 0.312 e. The Hall–Kier alpha value is -2.29. The van der Waals surface area contributed by atoms with Crippen molar-refractivity contribution < 1.29 is 14.3 Å². The largest absolute Gasteiger partial charge is 0.489 e. The molecule has 0 aliphatic carbocycles. The second-order valence-electron chi connectivity index (χ2n) is 4.56. The maximum Gasteiger partial charge on any atom is 0.312 e. The summed E-state index contributed by atoms with van der Waals surface area (Å²) in [5, 5.41) is 0. The molecule has 0 N–H and O–H groups in total. The average Bonchev–Trinajstić information content (AvgIpc) is 2.52. The fourth-order valence-electron chi connectivity index (χ4n) is 2.01. The minimum Gasteiger partial charge on any atom is -0.489 e. The highest BCUT2D eigenvalue weighted by molar-refractivity contribution is 5.78. The molecule has 0 amide bonds. The summed E-state index contributed by atoms with van der Waals surface area (Å²) in [6, 6.07) is 17.5. The van der Waals surface area contributed by atoms with Gasteiger partial charge in [-0.1, -0.05) is 48.5 Å². The second kappa shape index (κ2) is 6.75. The van der Waals surface area contributed by atoms with Crippen LogP contribution in [0.2, 0.25) is 0 Å². The van der Waals surface area contributed by atoms with Crippen LogP contribution in [0.15, 0.2) is 54.6 Å². The van der Waals surface area contributed by atoms with Crippen molar-refractivity contribution in [3.05, 3.63) is 65.7 Å². The van der Waals surface area contributed by atoms with E-state index in [-0.39, 0.29) is 11.9 Å². The normalized spacial score (nSPS) is 11.7. The van der Waals surface area contributed by atoms with Crippen molar-refractivity contribution in [2.45, 2.75) is 19.4 Å². The summed E-state index contributed by atoms with van der Waals surface area (Å²) in [5.74, 6) is 0.113. The first-order chi connectivity index (χ1) is 9.72. The first-order valence-electron chi connectivity index (χ1n) is 6.56. The fraction of sp³-hybridized carbons (Fsp3) is 0.235. The van der Waals surface area contributed by atoms with Crippen LogP contribution in [0.1, 0.15) is 24.0 Å². The molecule has 20 heavy (non-hydrogen) atoms. The van der Waals surface area contributed by atoms with E-state index in [4.69, 9.17) is 9.47 Å². The predicted octanol–water partition coefficient (Wildman–Crippen LogP) is 3.54. The third kappa shape index (κ3) is 3.38. The minimum atomic E-state index is -0.341. The van der Waals surface area contributed by atoms with E-state index in [0.29, 0.717) is 12.4 Å². The van der Waals surface area contributed by atoms with Crippen molar-refractivity contribution in [1.29, 1.82) is 0 Å². The van der Waals surface area contributed by atoms with Crippen molar-refractivity contribution in [3.63, 3.8) is 0 Å². The van der Waals surface area contributed by atoms with E-state index in [1.807, 2.05) is 61.5 Å². The zero-order valence-electron chi connectivity index (χ0n) is 11.7. The number of para-hydroxylation sites is 1. The Morgan fingerprint density at radius 3 is 2.40 bits per heavy atom. The van der Waals surface area contributed by atoms with E-state index in [1.165, 1.54) is 7.11 Å².